The first-order valence-electron chi connectivity index (χ1n) is 5.10. The quantitative estimate of drug-likeness (QED) is 0.728. The highest BCUT2D eigenvalue weighted by molar-refractivity contribution is 5.55. The second-order valence-electron chi connectivity index (χ2n) is 3.15. The van der Waals surface area contributed by atoms with E-state index in [-0.39, 0.29) is 0 Å². The average molecular weight is 210 g/mol. The Morgan fingerprint density at radius 2 is 2.27 bits per heavy atom. The van der Waals surface area contributed by atoms with Crippen molar-refractivity contribution >= 4 is 5.69 Å². The van der Waals surface area contributed by atoms with Crippen LogP contribution in [-0.2, 0) is 4.74 Å². The molecule has 4 heteroatoms. The fraction of sp³-hybridized carbons (Fsp3) is 0.545. The number of pyridine rings is 1. The first kappa shape index (κ1) is 11.8. The summed E-state index contributed by atoms with van der Waals surface area (Å²) in [7, 11) is 1.64. The molecule has 0 spiro atoms. The van der Waals surface area contributed by atoms with E-state index in [1.807, 2.05) is 19.9 Å². The molecule has 1 aromatic rings. The van der Waals surface area contributed by atoms with Crippen molar-refractivity contribution in [2.45, 2.75) is 13.8 Å². The fourth-order valence-electron chi connectivity index (χ4n) is 1.25. The van der Waals surface area contributed by atoms with Gasteiger partial charge in [-0.15, -0.1) is 0 Å². The zero-order chi connectivity index (χ0) is 11.1. The molecule has 15 heavy (non-hydrogen) atoms. The summed E-state index contributed by atoms with van der Waals surface area (Å²) in [4.78, 5) is 4.16. The Kier molecular flexibility index (Phi) is 4.90. The molecular weight excluding hydrogens is 192 g/mol. The van der Waals surface area contributed by atoms with Crippen molar-refractivity contribution < 1.29 is 9.47 Å². The standard InChI is InChI=1S/C11H18N2O2/c1-4-15-6-5-12-10-7-9(2)13-8-11(10)14-3/h7-8H,4-6H2,1-3H3,(H,12,13). The van der Waals surface area contributed by atoms with Gasteiger partial charge in [0, 0.05) is 18.8 Å². The minimum atomic E-state index is 0.695. The monoisotopic (exact) mass is 210 g/mol. The lowest BCUT2D eigenvalue weighted by Gasteiger charge is -2.11. The molecule has 0 aliphatic carbocycles. The summed E-state index contributed by atoms with van der Waals surface area (Å²) >= 11 is 0. The molecule has 0 unspecified atom stereocenters. The summed E-state index contributed by atoms with van der Waals surface area (Å²) in [5.41, 5.74) is 1.93. The molecule has 4 nitrogen and oxygen atoms in total. The molecule has 0 aliphatic rings. The molecule has 0 aromatic carbocycles. The van der Waals surface area contributed by atoms with Crippen molar-refractivity contribution in [3.63, 3.8) is 0 Å². The number of nitrogens with one attached hydrogen (secondary N) is 1. The zero-order valence-corrected chi connectivity index (χ0v) is 9.54. The van der Waals surface area contributed by atoms with Gasteiger partial charge in [0.05, 0.1) is 25.6 Å². The molecule has 0 amide bonds. The van der Waals surface area contributed by atoms with Gasteiger partial charge >= 0.3 is 0 Å². The maximum absolute atomic E-state index is 5.24. The van der Waals surface area contributed by atoms with E-state index in [1.165, 1.54) is 0 Å². The minimum absolute atomic E-state index is 0.695. The Balaban J connectivity index is 2.54. The summed E-state index contributed by atoms with van der Waals surface area (Å²) < 4.78 is 10.4. The number of aromatic nitrogens is 1. The Hall–Kier alpha value is -1.29. The van der Waals surface area contributed by atoms with E-state index < -0.39 is 0 Å². The van der Waals surface area contributed by atoms with E-state index in [9.17, 15) is 0 Å². The third-order valence-electron chi connectivity index (χ3n) is 1.99. The summed E-state index contributed by atoms with van der Waals surface area (Å²) in [5, 5.41) is 3.25. The van der Waals surface area contributed by atoms with Crippen LogP contribution in [0.3, 0.4) is 0 Å². The van der Waals surface area contributed by atoms with E-state index in [0.717, 1.165) is 30.3 Å². The van der Waals surface area contributed by atoms with Gasteiger partial charge in [-0.3, -0.25) is 4.98 Å². The van der Waals surface area contributed by atoms with E-state index >= 15 is 0 Å². The molecule has 0 saturated carbocycles. The largest absolute Gasteiger partial charge is 0.493 e. The first-order chi connectivity index (χ1) is 7.27. The topological polar surface area (TPSA) is 43.4 Å². The molecule has 1 aromatic heterocycles. The van der Waals surface area contributed by atoms with Gasteiger partial charge in [0.1, 0.15) is 0 Å². The molecule has 84 valence electrons. The number of hydrogen-bond acceptors (Lipinski definition) is 4. The van der Waals surface area contributed by atoms with Crippen molar-refractivity contribution in [2.75, 3.05) is 32.2 Å². The van der Waals surface area contributed by atoms with Crippen LogP contribution >= 0.6 is 0 Å². The number of ether oxygens (including phenoxy) is 2. The second-order valence-corrected chi connectivity index (χ2v) is 3.15. The minimum Gasteiger partial charge on any atom is -0.493 e. The molecule has 1 N–H and O–H groups in total. The molecule has 0 atom stereocenters. The SMILES string of the molecule is CCOCCNc1cc(C)ncc1OC. The molecular formula is C11H18N2O2. The van der Waals surface area contributed by atoms with Gasteiger partial charge in [-0.1, -0.05) is 0 Å². The normalized spacial score (nSPS) is 10.1. The van der Waals surface area contributed by atoms with E-state index in [4.69, 9.17) is 9.47 Å². The van der Waals surface area contributed by atoms with Crippen LogP contribution in [0, 0.1) is 6.92 Å². The van der Waals surface area contributed by atoms with Gasteiger partial charge in [-0.2, -0.15) is 0 Å². The third-order valence-corrected chi connectivity index (χ3v) is 1.99. The zero-order valence-electron chi connectivity index (χ0n) is 9.54. The summed E-state index contributed by atoms with van der Waals surface area (Å²) in [5.74, 6) is 0.761. The highest BCUT2D eigenvalue weighted by atomic mass is 16.5. The lowest BCUT2D eigenvalue weighted by atomic mass is 10.3. The number of anilines is 1. The van der Waals surface area contributed by atoms with Crippen LogP contribution in [0.25, 0.3) is 0 Å². The van der Waals surface area contributed by atoms with Crippen molar-refractivity contribution in [1.29, 1.82) is 0 Å². The van der Waals surface area contributed by atoms with Crippen LogP contribution in [0.5, 0.6) is 5.75 Å². The van der Waals surface area contributed by atoms with Crippen molar-refractivity contribution in [3.05, 3.63) is 18.0 Å². The summed E-state index contributed by atoms with van der Waals surface area (Å²) in [6, 6.07) is 1.96. The molecule has 0 bridgehead atoms. The predicted octanol–water partition coefficient (Wildman–Crippen LogP) is 1.85. The Morgan fingerprint density at radius 1 is 1.47 bits per heavy atom. The lowest BCUT2D eigenvalue weighted by Crippen LogP contribution is -2.10. The number of hydrogen-bond donors (Lipinski definition) is 1. The van der Waals surface area contributed by atoms with Gasteiger partial charge in [0.25, 0.3) is 0 Å². The maximum atomic E-state index is 5.24. The molecule has 0 fully saturated rings. The van der Waals surface area contributed by atoms with Crippen LogP contribution in [0.2, 0.25) is 0 Å². The van der Waals surface area contributed by atoms with Crippen LogP contribution < -0.4 is 10.1 Å². The molecule has 0 radical (unpaired) electrons. The van der Waals surface area contributed by atoms with Gasteiger partial charge < -0.3 is 14.8 Å². The van der Waals surface area contributed by atoms with Crippen LogP contribution in [0.1, 0.15) is 12.6 Å². The predicted molar refractivity (Wildman–Crippen MR) is 60.5 cm³/mol. The van der Waals surface area contributed by atoms with E-state index in [0.29, 0.717) is 6.61 Å². The highest BCUT2D eigenvalue weighted by Crippen LogP contribution is 2.22. The van der Waals surface area contributed by atoms with Crippen LogP contribution in [0.4, 0.5) is 5.69 Å². The molecule has 1 rings (SSSR count). The van der Waals surface area contributed by atoms with Gasteiger partial charge in [-0.25, -0.2) is 0 Å². The van der Waals surface area contributed by atoms with Crippen molar-refractivity contribution in [2.24, 2.45) is 0 Å². The summed E-state index contributed by atoms with van der Waals surface area (Å²) in [6.07, 6.45) is 1.72. The van der Waals surface area contributed by atoms with Crippen LogP contribution in [0.15, 0.2) is 12.3 Å². The molecule has 0 saturated heterocycles. The maximum Gasteiger partial charge on any atom is 0.160 e. The lowest BCUT2D eigenvalue weighted by molar-refractivity contribution is 0.158. The second kappa shape index (κ2) is 6.24. The smallest absolute Gasteiger partial charge is 0.160 e. The van der Waals surface area contributed by atoms with Crippen molar-refractivity contribution in [1.82, 2.24) is 4.98 Å². The Bertz CT molecular complexity index is 303. The van der Waals surface area contributed by atoms with Crippen LogP contribution in [-0.4, -0.2) is 31.9 Å². The average Bonchev–Trinajstić information content (AvgIpc) is 2.25. The molecule has 1 heterocycles. The fourth-order valence-corrected chi connectivity index (χ4v) is 1.25. The Morgan fingerprint density at radius 3 is 2.93 bits per heavy atom. The van der Waals surface area contributed by atoms with Gasteiger partial charge in [-0.05, 0) is 19.9 Å². The van der Waals surface area contributed by atoms with Crippen molar-refractivity contribution in [3.8, 4) is 5.75 Å². The summed E-state index contributed by atoms with van der Waals surface area (Å²) in [6.45, 7) is 6.15. The number of rotatable bonds is 6. The van der Waals surface area contributed by atoms with Gasteiger partial charge in [0.15, 0.2) is 5.75 Å². The first-order valence-corrected chi connectivity index (χ1v) is 5.10. The Labute approximate surface area is 90.6 Å². The van der Waals surface area contributed by atoms with E-state index in [1.54, 1.807) is 13.3 Å². The van der Waals surface area contributed by atoms with Gasteiger partial charge in [0.2, 0.25) is 0 Å². The number of nitrogens with zero attached hydrogens (tertiary/aromatic N) is 1. The molecule has 0 aliphatic heterocycles. The number of methoxy groups -OCH3 is 1. The number of aryl methyl sites for hydroxylation is 1. The van der Waals surface area contributed by atoms with E-state index in [2.05, 4.69) is 10.3 Å². The highest BCUT2D eigenvalue weighted by Gasteiger charge is 2.02. The third kappa shape index (κ3) is 3.75.